The van der Waals surface area contributed by atoms with Crippen molar-refractivity contribution in [3.63, 3.8) is 0 Å². The largest absolute Gasteiger partial charge is 0.463 e. The fraction of sp³-hybridized carbons (Fsp3) is 0.750. The van der Waals surface area contributed by atoms with Crippen molar-refractivity contribution in [1.29, 1.82) is 0 Å². The summed E-state index contributed by atoms with van der Waals surface area (Å²) in [4.78, 5) is 37.7. The van der Waals surface area contributed by atoms with E-state index >= 15 is 0 Å². The van der Waals surface area contributed by atoms with Gasteiger partial charge in [-0.05, 0) is 80.5 Å². The maximum Gasteiger partial charge on any atom is 0.309 e. The van der Waals surface area contributed by atoms with Gasteiger partial charge in [-0.25, -0.2) is 0 Å². The van der Waals surface area contributed by atoms with Crippen LogP contribution in [0, 0.1) is 58.7 Å². The molecule has 248 valence electrons. The summed E-state index contributed by atoms with van der Waals surface area (Å²) >= 11 is 0. The summed E-state index contributed by atoms with van der Waals surface area (Å²) in [6.45, 7) is 4.61. The molecule has 6 rings (SSSR count). The Morgan fingerprint density at radius 3 is 1.09 bits per heavy atom. The summed E-state index contributed by atoms with van der Waals surface area (Å²) in [7, 11) is 0. The van der Waals surface area contributed by atoms with Crippen molar-refractivity contribution in [2.45, 2.75) is 51.9 Å². The van der Waals surface area contributed by atoms with Crippen LogP contribution in [-0.2, 0) is 42.8 Å². The predicted octanol–water partition coefficient (Wildman–Crippen LogP) is 4.70. The monoisotopic (exact) mass is 626 g/mol. The minimum atomic E-state index is -0.460. The van der Waals surface area contributed by atoms with Crippen molar-refractivity contribution in [3.8, 4) is 0 Å². The van der Waals surface area contributed by atoms with Crippen LogP contribution in [0.2, 0.25) is 0 Å². The third-order valence-electron chi connectivity index (χ3n) is 11.1. The van der Waals surface area contributed by atoms with E-state index in [0.29, 0.717) is 55.3 Å². The first-order chi connectivity index (χ1) is 21.9. The lowest BCUT2D eigenvalue weighted by atomic mass is 9.88. The van der Waals surface area contributed by atoms with Crippen molar-refractivity contribution in [2.75, 3.05) is 59.5 Å². The van der Waals surface area contributed by atoms with Gasteiger partial charge in [0.15, 0.2) is 0 Å². The molecule has 6 aliphatic carbocycles. The predicted molar refractivity (Wildman–Crippen MR) is 165 cm³/mol. The fourth-order valence-electron chi connectivity index (χ4n) is 8.38. The summed E-state index contributed by atoms with van der Waals surface area (Å²) < 4.78 is 34.7. The Morgan fingerprint density at radius 2 is 0.844 bits per heavy atom. The van der Waals surface area contributed by atoms with Gasteiger partial charge < -0.3 is 28.4 Å². The molecule has 9 unspecified atom stereocenters. The molecule has 45 heavy (non-hydrogen) atoms. The average Bonchev–Trinajstić information content (AvgIpc) is 3.92. The number of ether oxygens (including phenoxy) is 6. The van der Waals surface area contributed by atoms with Gasteiger partial charge in [0.05, 0.1) is 57.4 Å². The molecular formula is C36H50O9. The number of esters is 3. The van der Waals surface area contributed by atoms with E-state index in [2.05, 4.69) is 43.4 Å². The summed E-state index contributed by atoms with van der Waals surface area (Å²) in [5, 5.41) is 0. The molecule has 0 aliphatic heterocycles. The number of carbonyl (C=O) groups excluding carboxylic acids is 3. The molecule has 0 radical (unpaired) electrons. The molecule has 0 saturated heterocycles. The third kappa shape index (κ3) is 7.91. The second-order valence-corrected chi connectivity index (χ2v) is 14.2. The number of fused-ring (bicyclic) bond motifs is 6. The van der Waals surface area contributed by atoms with Crippen molar-refractivity contribution in [3.05, 3.63) is 36.5 Å². The normalized spacial score (nSPS) is 34.5. The maximum absolute atomic E-state index is 12.6. The second kappa shape index (κ2) is 14.9. The van der Waals surface area contributed by atoms with Crippen molar-refractivity contribution in [2.24, 2.45) is 58.7 Å². The van der Waals surface area contributed by atoms with Crippen LogP contribution in [0.5, 0.6) is 0 Å². The molecule has 9 heteroatoms. The average molecular weight is 627 g/mol. The molecule has 0 N–H and O–H groups in total. The number of allylic oxidation sites excluding steroid dienone is 6. The molecule has 3 fully saturated rings. The van der Waals surface area contributed by atoms with E-state index in [1.807, 2.05) is 0 Å². The van der Waals surface area contributed by atoms with Crippen molar-refractivity contribution >= 4 is 17.9 Å². The Kier molecular flexibility index (Phi) is 10.8. The second-order valence-electron chi connectivity index (χ2n) is 14.2. The summed E-state index contributed by atoms with van der Waals surface area (Å²) in [6, 6.07) is 0. The van der Waals surface area contributed by atoms with E-state index in [1.54, 1.807) is 0 Å². The SMILES string of the molecule is CCC(COCCOC(=O)C1CC2C=CC1C2)(COCCOC(=O)C1CC2C=CC1C2)COCCOC(=O)C1CC2C=CC1C2. The highest BCUT2D eigenvalue weighted by atomic mass is 16.6. The van der Waals surface area contributed by atoms with Gasteiger partial charge in [-0.15, -0.1) is 0 Å². The minimum Gasteiger partial charge on any atom is -0.463 e. The van der Waals surface area contributed by atoms with Gasteiger partial charge >= 0.3 is 17.9 Å². The number of hydrogen-bond donors (Lipinski definition) is 0. The van der Waals surface area contributed by atoms with E-state index in [0.717, 1.165) is 44.9 Å². The van der Waals surface area contributed by atoms with Crippen LogP contribution >= 0.6 is 0 Å². The van der Waals surface area contributed by atoms with Gasteiger partial charge in [-0.2, -0.15) is 0 Å². The lowest BCUT2D eigenvalue weighted by molar-refractivity contribution is -0.153. The zero-order chi connectivity index (χ0) is 31.2. The number of carbonyl (C=O) groups is 3. The first kappa shape index (κ1) is 32.5. The Bertz CT molecular complexity index is 1010. The van der Waals surface area contributed by atoms with Crippen molar-refractivity contribution < 1.29 is 42.8 Å². The molecule has 6 bridgehead atoms. The van der Waals surface area contributed by atoms with Crippen LogP contribution in [0.4, 0.5) is 0 Å². The molecule has 0 heterocycles. The number of rotatable bonds is 19. The van der Waals surface area contributed by atoms with Crippen LogP contribution in [-0.4, -0.2) is 77.4 Å². The molecule has 0 aromatic heterocycles. The lowest BCUT2D eigenvalue weighted by Crippen LogP contribution is -2.38. The number of hydrogen-bond acceptors (Lipinski definition) is 9. The highest BCUT2D eigenvalue weighted by molar-refractivity contribution is 5.75. The van der Waals surface area contributed by atoms with E-state index in [-0.39, 0.29) is 75.3 Å². The summed E-state index contributed by atoms with van der Waals surface area (Å²) in [6.07, 6.45) is 19.7. The van der Waals surface area contributed by atoms with Crippen LogP contribution in [0.3, 0.4) is 0 Å². The highest BCUT2D eigenvalue weighted by Gasteiger charge is 2.42. The smallest absolute Gasteiger partial charge is 0.309 e. The molecular weight excluding hydrogens is 576 g/mol. The van der Waals surface area contributed by atoms with Gasteiger partial charge in [-0.3, -0.25) is 14.4 Å². The summed E-state index contributed by atoms with van der Waals surface area (Å²) in [5.41, 5.74) is -0.460. The molecule has 3 saturated carbocycles. The van der Waals surface area contributed by atoms with E-state index in [9.17, 15) is 14.4 Å². The standard InChI is InChI=1S/C36H50O9/c1-2-36(21-40-9-12-43-33(37)30-18-24-3-6-27(30)15-24,22-41-10-13-44-34(38)31-19-25-4-7-28(31)16-25)23-42-11-14-45-35(39)32-20-26-5-8-29(32)17-26/h3-8,24-32H,2,9-23H2,1H3. The molecule has 9 nitrogen and oxygen atoms in total. The molecule has 0 aromatic carbocycles. The Hall–Kier alpha value is -2.49. The van der Waals surface area contributed by atoms with Crippen LogP contribution in [0.1, 0.15) is 51.9 Å². The third-order valence-corrected chi connectivity index (χ3v) is 11.1. The van der Waals surface area contributed by atoms with Gasteiger partial charge in [-0.1, -0.05) is 43.4 Å². The van der Waals surface area contributed by atoms with E-state index in [1.165, 1.54) is 0 Å². The van der Waals surface area contributed by atoms with Crippen LogP contribution in [0.25, 0.3) is 0 Å². The Labute approximate surface area is 267 Å². The Balaban J connectivity index is 0.910. The first-order valence-corrected chi connectivity index (χ1v) is 17.2. The Morgan fingerprint density at radius 1 is 0.511 bits per heavy atom. The van der Waals surface area contributed by atoms with Gasteiger partial charge in [0, 0.05) is 5.41 Å². The van der Waals surface area contributed by atoms with Gasteiger partial charge in [0.1, 0.15) is 19.8 Å². The zero-order valence-corrected chi connectivity index (χ0v) is 26.6. The quantitative estimate of drug-likeness (QED) is 0.0873. The fourth-order valence-corrected chi connectivity index (χ4v) is 8.38. The molecule has 6 aliphatic rings. The van der Waals surface area contributed by atoms with Crippen molar-refractivity contribution in [1.82, 2.24) is 0 Å². The molecule has 9 atom stereocenters. The van der Waals surface area contributed by atoms with Crippen LogP contribution < -0.4 is 0 Å². The topological polar surface area (TPSA) is 107 Å². The lowest BCUT2D eigenvalue weighted by Gasteiger charge is -2.32. The van der Waals surface area contributed by atoms with E-state index in [4.69, 9.17) is 28.4 Å². The summed E-state index contributed by atoms with van der Waals surface area (Å²) in [5.74, 6) is 2.05. The van der Waals surface area contributed by atoms with Gasteiger partial charge in [0.25, 0.3) is 0 Å². The minimum absolute atomic E-state index is 0.0275. The van der Waals surface area contributed by atoms with Gasteiger partial charge in [0.2, 0.25) is 0 Å². The first-order valence-electron chi connectivity index (χ1n) is 17.2. The maximum atomic E-state index is 12.6. The van der Waals surface area contributed by atoms with E-state index < -0.39 is 5.41 Å². The molecule has 0 aromatic rings. The highest BCUT2D eigenvalue weighted by Crippen LogP contribution is 2.45. The molecule has 0 amide bonds. The van der Waals surface area contributed by atoms with Crippen LogP contribution in [0.15, 0.2) is 36.5 Å². The molecule has 0 spiro atoms. The zero-order valence-electron chi connectivity index (χ0n) is 26.6.